The molecule has 0 saturated heterocycles. The molecular formula is C22H20ClN3O4. The summed E-state index contributed by atoms with van der Waals surface area (Å²) in [5.74, 6) is 0.0847. The van der Waals surface area contributed by atoms with E-state index in [-0.39, 0.29) is 18.0 Å². The van der Waals surface area contributed by atoms with Gasteiger partial charge < -0.3 is 14.5 Å². The molecule has 0 amide bonds. The lowest BCUT2D eigenvalue weighted by Crippen LogP contribution is -2.40. The van der Waals surface area contributed by atoms with Crippen LogP contribution in [0.2, 0.25) is 5.02 Å². The molecule has 0 N–H and O–H groups in total. The summed E-state index contributed by atoms with van der Waals surface area (Å²) in [7, 11) is 3.07. The molecule has 0 atom stereocenters. The van der Waals surface area contributed by atoms with E-state index in [0.717, 1.165) is 35.2 Å². The molecule has 0 spiro atoms. The molecule has 8 heteroatoms. The zero-order valence-electron chi connectivity index (χ0n) is 16.6. The molecule has 0 saturated carbocycles. The quantitative estimate of drug-likeness (QED) is 0.342. The Labute approximate surface area is 178 Å². The molecule has 3 aromatic rings. The number of halogens is 1. The number of anilines is 1. The highest BCUT2D eigenvalue weighted by atomic mass is 35.5. The van der Waals surface area contributed by atoms with Crippen LogP contribution in [0.5, 0.6) is 5.75 Å². The summed E-state index contributed by atoms with van der Waals surface area (Å²) in [4.78, 5) is 35.0. The van der Waals surface area contributed by atoms with Gasteiger partial charge in [-0.05, 0) is 42.2 Å². The average molecular weight is 426 g/mol. The van der Waals surface area contributed by atoms with Crippen molar-refractivity contribution in [1.29, 1.82) is 0 Å². The normalized spacial score (nSPS) is 14.2. The molecule has 2 aromatic carbocycles. The SMILES string of the molecule is COc1c(N(C)CCO/N=C2\c3ccc(Cl)cc3CCc3cccnc32)c(=O)c1=O. The van der Waals surface area contributed by atoms with Crippen LogP contribution in [0.4, 0.5) is 5.69 Å². The van der Waals surface area contributed by atoms with Gasteiger partial charge >= 0.3 is 0 Å². The van der Waals surface area contributed by atoms with Gasteiger partial charge in [0.15, 0.2) is 5.75 Å². The summed E-state index contributed by atoms with van der Waals surface area (Å²) in [5, 5.41) is 5.07. The lowest BCUT2D eigenvalue weighted by molar-refractivity contribution is 0.151. The number of methoxy groups -OCH3 is 1. The molecule has 0 radical (unpaired) electrons. The fourth-order valence-electron chi connectivity index (χ4n) is 3.64. The van der Waals surface area contributed by atoms with Gasteiger partial charge in [0, 0.05) is 23.8 Å². The first-order valence-electron chi connectivity index (χ1n) is 9.52. The lowest BCUT2D eigenvalue weighted by atomic mass is 10.0. The fourth-order valence-corrected chi connectivity index (χ4v) is 3.83. The number of ether oxygens (including phenoxy) is 1. The maximum Gasteiger partial charge on any atom is 0.272 e. The number of hydrogen-bond donors (Lipinski definition) is 0. The number of hydrogen-bond acceptors (Lipinski definition) is 7. The molecule has 1 aliphatic rings. The number of likely N-dealkylation sites (N-methyl/N-ethyl adjacent to an activating group) is 1. The maximum absolute atomic E-state index is 11.8. The molecule has 4 rings (SSSR count). The molecule has 1 aromatic heterocycles. The molecule has 30 heavy (non-hydrogen) atoms. The highest BCUT2D eigenvalue weighted by molar-refractivity contribution is 6.31. The summed E-state index contributed by atoms with van der Waals surface area (Å²) in [5.41, 5.74) is 3.69. The van der Waals surface area contributed by atoms with E-state index in [0.29, 0.717) is 17.3 Å². The Morgan fingerprint density at radius 1 is 1.17 bits per heavy atom. The zero-order chi connectivity index (χ0) is 21.3. The van der Waals surface area contributed by atoms with Gasteiger partial charge in [0.05, 0.1) is 19.3 Å². The van der Waals surface area contributed by atoms with E-state index in [2.05, 4.69) is 10.1 Å². The first-order chi connectivity index (χ1) is 14.5. The van der Waals surface area contributed by atoms with E-state index in [1.165, 1.54) is 7.11 Å². The third-order valence-electron chi connectivity index (χ3n) is 5.20. The number of rotatable bonds is 6. The topological polar surface area (TPSA) is 81.1 Å². The van der Waals surface area contributed by atoms with Crippen LogP contribution in [0, 0.1) is 0 Å². The second kappa shape index (κ2) is 8.28. The minimum Gasteiger partial charge on any atom is -0.491 e. The van der Waals surface area contributed by atoms with Crippen LogP contribution in [0.15, 0.2) is 51.3 Å². The smallest absolute Gasteiger partial charge is 0.272 e. The number of oxime groups is 1. The van der Waals surface area contributed by atoms with E-state index >= 15 is 0 Å². The summed E-state index contributed by atoms with van der Waals surface area (Å²) in [6, 6.07) is 9.66. The van der Waals surface area contributed by atoms with Crippen molar-refractivity contribution in [2.45, 2.75) is 12.8 Å². The Morgan fingerprint density at radius 3 is 2.77 bits per heavy atom. The standard InChI is InChI=1S/C22H20ClN3O4/c1-26(19-20(27)21(28)22(19)29-2)10-11-30-25-18-16-8-7-15(23)12-14(16)6-5-13-4-3-9-24-17(13)18/h3-4,7-9,12H,5-6,10-11H2,1-2H3/b25-18+. The molecule has 0 aliphatic heterocycles. The Bertz CT molecular complexity index is 1200. The first kappa shape index (κ1) is 20.1. The number of fused-ring (bicyclic) bond motifs is 2. The number of nitrogens with zero attached hydrogens (tertiary/aromatic N) is 3. The Balaban J connectivity index is 1.55. The number of aromatic nitrogens is 1. The summed E-state index contributed by atoms with van der Waals surface area (Å²) < 4.78 is 4.99. The summed E-state index contributed by atoms with van der Waals surface area (Å²) in [6.45, 7) is 0.577. The monoisotopic (exact) mass is 425 g/mol. The van der Waals surface area contributed by atoms with Crippen molar-refractivity contribution in [2.24, 2.45) is 5.16 Å². The largest absolute Gasteiger partial charge is 0.491 e. The molecule has 1 heterocycles. The molecular weight excluding hydrogens is 406 g/mol. The Kier molecular flexibility index (Phi) is 5.55. The molecule has 0 fully saturated rings. The predicted molar refractivity (Wildman–Crippen MR) is 116 cm³/mol. The van der Waals surface area contributed by atoms with E-state index in [1.54, 1.807) is 18.1 Å². The second-order valence-corrected chi connectivity index (χ2v) is 7.48. The van der Waals surface area contributed by atoms with Crippen LogP contribution in [0.25, 0.3) is 0 Å². The van der Waals surface area contributed by atoms with Crippen LogP contribution in [0.1, 0.15) is 22.4 Å². The molecule has 7 nitrogen and oxygen atoms in total. The van der Waals surface area contributed by atoms with Gasteiger partial charge in [0.1, 0.15) is 18.0 Å². The number of benzene rings is 1. The lowest BCUT2D eigenvalue weighted by Gasteiger charge is -2.21. The average Bonchev–Trinajstić information content (AvgIpc) is 2.90. The second-order valence-electron chi connectivity index (χ2n) is 7.05. The van der Waals surface area contributed by atoms with Crippen molar-refractivity contribution in [2.75, 3.05) is 32.2 Å². The molecule has 0 unspecified atom stereocenters. The molecule has 0 bridgehead atoms. The third kappa shape index (κ3) is 3.57. The van der Waals surface area contributed by atoms with Crippen molar-refractivity contribution in [3.05, 3.63) is 84.4 Å². The molecule has 154 valence electrons. The number of pyridine rings is 1. The van der Waals surface area contributed by atoms with Crippen LogP contribution >= 0.6 is 11.6 Å². The first-order valence-corrected chi connectivity index (χ1v) is 9.90. The molecule has 1 aliphatic carbocycles. The van der Waals surface area contributed by atoms with E-state index in [9.17, 15) is 9.59 Å². The van der Waals surface area contributed by atoms with Gasteiger partial charge in [-0.2, -0.15) is 0 Å². The van der Waals surface area contributed by atoms with Gasteiger partial charge in [-0.1, -0.05) is 28.9 Å². The third-order valence-corrected chi connectivity index (χ3v) is 5.44. The van der Waals surface area contributed by atoms with Crippen LogP contribution < -0.4 is 20.5 Å². The van der Waals surface area contributed by atoms with Crippen molar-refractivity contribution >= 4 is 23.0 Å². The number of aryl methyl sites for hydroxylation is 2. The van der Waals surface area contributed by atoms with Crippen LogP contribution in [-0.4, -0.2) is 38.0 Å². The van der Waals surface area contributed by atoms with E-state index in [4.69, 9.17) is 21.2 Å². The van der Waals surface area contributed by atoms with Crippen molar-refractivity contribution in [3.8, 4) is 5.75 Å². The van der Waals surface area contributed by atoms with Crippen LogP contribution in [-0.2, 0) is 17.7 Å². The fraction of sp³-hybridized carbons (Fsp3) is 0.273. The zero-order valence-corrected chi connectivity index (χ0v) is 17.4. The van der Waals surface area contributed by atoms with Crippen molar-refractivity contribution in [1.82, 2.24) is 4.98 Å². The maximum atomic E-state index is 11.8. The Morgan fingerprint density at radius 2 is 1.97 bits per heavy atom. The Hall–Kier alpha value is -3.19. The summed E-state index contributed by atoms with van der Waals surface area (Å²) >= 11 is 6.19. The van der Waals surface area contributed by atoms with E-state index in [1.807, 2.05) is 30.3 Å². The predicted octanol–water partition coefficient (Wildman–Crippen LogP) is 2.34. The van der Waals surface area contributed by atoms with Crippen LogP contribution in [0.3, 0.4) is 0 Å². The van der Waals surface area contributed by atoms with Gasteiger partial charge in [-0.15, -0.1) is 0 Å². The highest BCUT2D eigenvalue weighted by Crippen LogP contribution is 2.26. The summed E-state index contributed by atoms with van der Waals surface area (Å²) in [6.07, 6.45) is 3.41. The van der Waals surface area contributed by atoms with Gasteiger partial charge in [-0.3, -0.25) is 14.6 Å². The minimum atomic E-state index is -0.600. The van der Waals surface area contributed by atoms with Crippen molar-refractivity contribution < 1.29 is 9.57 Å². The van der Waals surface area contributed by atoms with Crippen molar-refractivity contribution in [3.63, 3.8) is 0 Å². The minimum absolute atomic E-state index is 0.0847. The van der Waals surface area contributed by atoms with Gasteiger partial charge in [0.2, 0.25) is 0 Å². The van der Waals surface area contributed by atoms with E-state index < -0.39 is 10.9 Å². The highest BCUT2D eigenvalue weighted by Gasteiger charge is 2.25. The van der Waals surface area contributed by atoms with Gasteiger partial charge in [0.25, 0.3) is 10.9 Å². The van der Waals surface area contributed by atoms with Gasteiger partial charge in [-0.25, -0.2) is 0 Å².